The largest absolute Gasteiger partial charge is 0.456 e. The maximum absolute atomic E-state index is 14.5. The van der Waals surface area contributed by atoms with E-state index in [-0.39, 0.29) is 11.1 Å². The van der Waals surface area contributed by atoms with Gasteiger partial charge < -0.3 is 4.42 Å². The Bertz CT molecular complexity index is 3540. The summed E-state index contributed by atoms with van der Waals surface area (Å²) in [6.07, 6.45) is 8.19. The van der Waals surface area contributed by atoms with Gasteiger partial charge in [0.05, 0.1) is 17.1 Å². The molecule has 0 fully saturated rings. The molecule has 4 nitrogen and oxygen atoms in total. The molecule has 0 bridgehead atoms. The number of halogens is 4. The molecular weight excluding hydrogens is 867 g/mol. The van der Waals surface area contributed by atoms with Crippen molar-refractivity contribution in [1.29, 1.82) is 0 Å². The Morgan fingerprint density at radius 3 is 1.48 bits per heavy atom. The molecule has 0 N–H and O–H groups in total. The highest BCUT2D eigenvalue weighted by molar-refractivity contribution is 6.06. The van der Waals surface area contributed by atoms with Gasteiger partial charge in [-0.05, 0) is 148 Å². The summed E-state index contributed by atoms with van der Waals surface area (Å²) in [5.74, 6) is -2.57. The zero-order valence-electron chi connectivity index (χ0n) is 37.1. The van der Waals surface area contributed by atoms with Crippen molar-refractivity contribution in [2.24, 2.45) is 0 Å². The maximum atomic E-state index is 14.5. The van der Waals surface area contributed by atoms with Gasteiger partial charge in [-0.1, -0.05) is 103 Å². The van der Waals surface area contributed by atoms with E-state index in [9.17, 15) is 17.6 Å². The average molecular weight is 908 g/mol. The van der Waals surface area contributed by atoms with E-state index >= 15 is 0 Å². The van der Waals surface area contributed by atoms with Crippen molar-refractivity contribution in [1.82, 2.24) is 15.0 Å². The number of fused-ring (bicyclic) bond motifs is 3. The van der Waals surface area contributed by atoms with Crippen LogP contribution >= 0.6 is 0 Å². The van der Waals surface area contributed by atoms with Crippen LogP contribution < -0.4 is 0 Å². The minimum Gasteiger partial charge on any atom is -0.456 e. The first kappa shape index (κ1) is 43.1. The number of aryl methyl sites for hydroxylation is 4. The first-order valence-electron chi connectivity index (χ1n) is 22.8. The second-order valence-corrected chi connectivity index (χ2v) is 17.3. The maximum Gasteiger partial charge on any atom is 0.136 e. The third-order valence-corrected chi connectivity index (χ3v) is 12.7. The molecule has 69 heavy (non-hydrogen) atoms. The van der Waals surface area contributed by atoms with Gasteiger partial charge >= 0.3 is 0 Å². The third kappa shape index (κ3) is 9.17. The van der Waals surface area contributed by atoms with Crippen LogP contribution in [0, 0.1) is 23.3 Å². The average Bonchev–Trinajstić information content (AvgIpc) is 3.76. The predicted molar refractivity (Wildman–Crippen MR) is 267 cm³/mol. The molecule has 0 aliphatic heterocycles. The van der Waals surface area contributed by atoms with Crippen LogP contribution in [0.25, 0.3) is 89.1 Å². The van der Waals surface area contributed by atoms with Crippen LogP contribution in [0.3, 0.4) is 0 Å². The van der Waals surface area contributed by atoms with Crippen molar-refractivity contribution in [2.45, 2.75) is 25.7 Å². The fourth-order valence-electron chi connectivity index (χ4n) is 9.12. The number of para-hydroxylation sites is 1. The highest BCUT2D eigenvalue weighted by Crippen LogP contribution is 2.37. The predicted octanol–water partition coefficient (Wildman–Crippen LogP) is 15.9. The Morgan fingerprint density at radius 1 is 0.333 bits per heavy atom. The lowest BCUT2D eigenvalue weighted by Crippen LogP contribution is -1.99. The highest BCUT2D eigenvalue weighted by atomic mass is 19.1. The van der Waals surface area contributed by atoms with E-state index in [0.29, 0.717) is 24.2 Å². The van der Waals surface area contributed by atoms with E-state index in [1.54, 1.807) is 24.5 Å². The number of pyridine rings is 3. The topological polar surface area (TPSA) is 51.8 Å². The van der Waals surface area contributed by atoms with E-state index in [1.807, 2.05) is 42.6 Å². The van der Waals surface area contributed by atoms with Crippen LogP contribution in [-0.2, 0) is 25.7 Å². The van der Waals surface area contributed by atoms with Crippen molar-refractivity contribution in [3.05, 3.63) is 246 Å². The van der Waals surface area contributed by atoms with Gasteiger partial charge in [-0.25, -0.2) is 17.6 Å². The summed E-state index contributed by atoms with van der Waals surface area (Å²) >= 11 is 0. The Labute approximate surface area is 396 Å². The summed E-state index contributed by atoms with van der Waals surface area (Å²) in [6, 6.07) is 56.7. The van der Waals surface area contributed by atoms with Crippen LogP contribution in [-0.4, -0.2) is 15.0 Å². The van der Waals surface area contributed by atoms with Gasteiger partial charge in [-0.15, -0.1) is 0 Å². The van der Waals surface area contributed by atoms with Crippen molar-refractivity contribution < 1.29 is 22.0 Å². The Morgan fingerprint density at radius 2 is 0.870 bits per heavy atom. The number of furan rings is 1. The number of hydrogen-bond donors (Lipinski definition) is 0. The van der Waals surface area contributed by atoms with Crippen LogP contribution in [0.2, 0.25) is 0 Å². The first-order chi connectivity index (χ1) is 33.8. The Kier molecular flexibility index (Phi) is 11.7. The van der Waals surface area contributed by atoms with Crippen LogP contribution in [0.5, 0.6) is 0 Å². The molecule has 0 spiro atoms. The first-order valence-corrected chi connectivity index (χ1v) is 22.8. The smallest absolute Gasteiger partial charge is 0.136 e. The summed E-state index contributed by atoms with van der Waals surface area (Å²) in [7, 11) is 0. The minimum absolute atomic E-state index is 0.250. The number of rotatable bonds is 12. The van der Waals surface area contributed by atoms with Crippen LogP contribution in [0.1, 0.15) is 22.3 Å². The molecule has 0 atom stereocenters. The van der Waals surface area contributed by atoms with E-state index in [2.05, 4.69) is 107 Å². The summed E-state index contributed by atoms with van der Waals surface area (Å²) in [6.45, 7) is 0. The van der Waals surface area contributed by atoms with Crippen molar-refractivity contribution in [2.75, 3.05) is 0 Å². The van der Waals surface area contributed by atoms with E-state index < -0.39 is 23.3 Å². The van der Waals surface area contributed by atoms with Gasteiger partial charge in [-0.2, -0.15) is 0 Å². The fourth-order valence-corrected chi connectivity index (χ4v) is 9.12. The zero-order chi connectivity index (χ0) is 46.8. The van der Waals surface area contributed by atoms with Gasteiger partial charge in [-0.3, -0.25) is 15.0 Å². The summed E-state index contributed by atoms with van der Waals surface area (Å²) in [4.78, 5) is 13.8. The molecule has 0 saturated carbocycles. The summed E-state index contributed by atoms with van der Waals surface area (Å²) < 4.78 is 62.5. The molecule has 4 aromatic heterocycles. The molecule has 0 radical (unpaired) electrons. The van der Waals surface area contributed by atoms with Crippen LogP contribution in [0.4, 0.5) is 17.6 Å². The second kappa shape index (κ2) is 18.7. The van der Waals surface area contributed by atoms with Crippen molar-refractivity contribution >= 4 is 21.9 Å². The summed E-state index contributed by atoms with van der Waals surface area (Å²) in [5, 5.41) is 2.19. The number of benzene rings is 7. The van der Waals surface area contributed by atoms with Gasteiger partial charge in [0.1, 0.15) is 34.4 Å². The summed E-state index contributed by atoms with van der Waals surface area (Å²) in [5.41, 5.74) is 15.7. The van der Waals surface area contributed by atoms with Crippen molar-refractivity contribution in [3.63, 3.8) is 0 Å². The Hall–Kier alpha value is -8.49. The lowest BCUT2D eigenvalue weighted by Gasteiger charge is -2.15. The molecule has 0 aliphatic carbocycles. The molecule has 11 aromatic rings. The lowest BCUT2D eigenvalue weighted by molar-refractivity contribution is 0.584. The standard InChI is InChI=1S/C61H41F4N3O/c62-47-20-23-53(55(64)34-47)57-25-13-38(36-67-57)9-11-40-29-41(12-10-39-14-26-58(68-37-39)54-24-21-48(63)35-56(54)65)31-46(30-40)50-6-2-1-5-49(50)42-15-17-43(18-16-42)59-32-45(27-28-66-59)44-19-22-52-51-7-3-4-8-60(51)69-61(52)33-44/h1-8,13-37H,9-12H2. The van der Waals surface area contributed by atoms with E-state index in [1.165, 1.54) is 24.3 Å². The van der Waals surface area contributed by atoms with Crippen molar-refractivity contribution in [3.8, 4) is 67.2 Å². The molecular formula is C61H41F4N3O. The van der Waals surface area contributed by atoms with Crippen LogP contribution in [0.15, 0.2) is 205 Å². The molecule has 0 aliphatic rings. The Balaban J connectivity index is 0.869. The third-order valence-electron chi connectivity index (χ3n) is 12.7. The van der Waals surface area contributed by atoms with Gasteiger partial charge in [0, 0.05) is 58.2 Å². The molecule has 4 heterocycles. The monoisotopic (exact) mass is 907 g/mol. The molecule has 8 heteroatoms. The molecule has 334 valence electrons. The molecule has 0 saturated heterocycles. The molecule has 11 rings (SSSR count). The minimum atomic E-state index is -0.652. The number of hydrogen-bond acceptors (Lipinski definition) is 4. The van der Waals surface area contributed by atoms with Gasteiger partial charge in [0.15, 0.2) is 0 Å². The van der Waals surface area contributed by atoms with E-state index in [0.717, 1.165) is 114 Å². The molecule has 0 unspecified atom stereocenters. The van der Waals surface area contributed by atoms with Gasteiger partial charge in [0.25, 0.3) is 0 Å². The quantitative estimate of drug-likeness (QED) is 0.115. The zero-order valence-corrected chi connectivity index (χ0v) is 37.1. The van der Waals surface area contributed by atoms with E-state index in [4.69, 9.17) is 9.40 Å². The number of aromatic nitrogens is 3. The van der Waals surface area contributed by atoms with Gasteiger partial charge in [0.2, 0.25) is 0 Å². The lowest BCUT2D eigenvalue weighted by atomic mass is 9.90. The highest BCUT2D eigenvalue weighted by Gasteiger charge is 2.15. The second-order valence-electron chi connectivity index (χ2n) is 17.3. The number of nitrogens with zero attached hydrogens (tertiary/aromatic N) is 3. The fraction of sp³-hybridized carbons (Fsp3) is 0.0656. The molecule has 7 aromatic carbocycles. The molecule has 0 amide bonds. The normalized spacial score (nSPS) is 11.4. The SMILES string of the molecule is Fc1ccc(-c2ccc(CCc3cc(CCc4ccc(-c5ccc(F)cc5F)nc4)cc(-c4ccccc4-c4ccc(-c5cc(-c6ccc7c(c6)oc6ccccc67)ccn5)cc4)c3)cn2)c(F)c1.